The summed E-state index contributed by atoms with van der Waals surface area (Å²) in [5.41, 5.74) is 6.31. The second-order valence-electron chi connectivity index (χ2n) is 9.07. The van der Waals surface area contributed by atoms with Gasteiger partial charge >= 0.3 is 0 Å². The number of fused-ring (bicyclic) bond motifs is 4. The second-order valence-corrected chi connectivity index (χ2v) is 9.07. The van der Waals surface area contributed by atoms with Crippen molar-refractivity contribution in [2.24, 2.45) is 0 Å². The Hall–Kier alpha value is -3.43. The number of piperidine rings is 1. The van der Waals surface area contributed by atoms with Gasteiger partial charge < -0.3 is 10.2 Å². The van der Waals surface area contributed by atoms with Gasteiger partial charge in [0.05, 0.1) is 34.9 Å². The number of pyridine rings is 1. The van der Waals surface area contributed by atoms with E-state index in [1.165, 1.54) is 29.5 Å². The Morgan fingerprint density at radius 2 is 1.97 bits per heavy atom. The van der Waals surface area contributed by atoms with Crippen LogP contribution in [-0.4, -0.2) is 34.4 Å². The smallest absolute Gasteiger partial charge is 0.101 e. The Balaban J connectivity index is 1.40. The molecule has 0 amide bonds. The fraction of sp³-hybridized carbons (Fsp3) is 0.346. The minimum absolute atomic E-state index is 0.260. The van der Waals surface area contributed by atoms with E-state index in [2.05, 4.69) is 63.2 Å². The van der Waals surface area contributed by atoms with E-state index < -0.39 is 0 Å². The number of rotatable bonds is 2. The molecule has 2 aliphatic heterocycles. The molecule has 32 heavy (non-hydrogen) atoms. The molecule has 4 aromatic rings. The lowest BCUT2D eigenvalue weighted by atomic mass is 9.89. The van der Waals surface area contributed by atoms with Gasteiger partial charge in [-0.15, -0.1) is 0 Å². The van der Waals surface area contributed by atoms with Gasteiger partial charge in [0, 0.05) is 29.2 Å². The third kappa shape index (κ3) is 3.04. The van der Waals surface area contributed by atoms with E-state index in [9.17, 15) is 5.26 Å². The van der Waals surface area contributed by atoms with Crippen molar-refractivity contribution < 1.29 is 0 Å². The van der Waals surface area contributed by atoms with Crippen LogP contribution in [0.25, 0.3) is 21.8 Å². The first-order valence-electron chi connectivity index (χ1n) is 11.5. The average Bonchev–Trinajstić information content (AvgIpc) is 3.22. The van der Waals surface area contributed by atoms with Gasteiger partial charge in [-0.25, -0.2) is 0 Å². The van der Waals surface area contributed by atoms with Crippen LogP contribution in [0.5, 0.6) is 0 Å². The Bertz CT molecular complexity index is 1360. The fourth-order valence-corrected chi connectivity index (χ4v) is 5.46. The number of hydrogen-bond acceptors (Lipinski definition) is 5. The first-order chi connectivity index (χ1) is 15.7. The maximum Gasteiger partial charge on any atom is 0.101 e. The number of nitrogens with zero attached hydrogens (tertiary/aromatic N) is 5. The zero-order valence-corrected chi connectivity index (χ0v) is 18.3. The zero-order valence-electron chi connectivity index (χ0n) is 18.3. The summed E-state index contributed by atoms with van der Waals surface area (Å²) < 4.78 is 2.22. The molecule has 0 saturated carbocycles. The number of anilines is 1. The number of benzene rings is 2. The topological polar surface area (TPSA) is 69.8 Å². The van der Waals surface area contributed by atoms with Crippen molar-refractivity contribution in [2.45, 2.75) is 38.3 Å². The van der Waals surface area contributed by atoms with Gasteiger partial charge in [0.15, 0.2) is 0 Å². The summed E-state index contributed by atoms with van der Waals surface area (Å²) in [4.78, 5) is 6.90. The van der Waals surface area contributed by atoms with Crippen LogP contribution in [0.2, 0.25) is 0 Å². The second kappa shape index (κ2) is 7.61. The molecule has 160 valence electrons. The molecule has 1 N–H and O–H groups in total. The summed E-state index contributed by atoms with van der Waals surface area (Å²) in [5, 5.41) is 20.3. The van der Waals surface area contributed by atoms with Gasteiger partial charge in [-0.1, -0.05) is 12.1 Å². The molecule has 1 fully saturated rings. The molecule has 2 aliphatic rings. The monoisotopic (exact) mass is 422 g/mol. The minimum Gasteiger partial charge on any atom is -0.363 e. The predicted molar refractivity (Wildman–Crippen MR) is 127 cm³/mol. The number of nitriles is 1. The molecule has 0 radical (unpaired) electrons. The quantitative estimate of drug-likeness (QED) is 0.515. The molecule has 1 saturated heterocycles. The lowest BCUT2D eigenvalue weighted by Crippen LogP contribution is -2.36. The largest absolute Gasteiger partial charge is 0.363 e. The van der Waals surface area contributed by atoms with Crippen LogP contribution in [0, 0.1) is 11.3 Å². The van der Waals surface area contributed by atoms with Crippen LogP contribution in [0.1, 0.15) is 48.5 Å². The molecule has 6 nitrogen and oxygen atoms in total. The summed E-state index contributed by atoms with van der Waals surface area (Å²) in [6.07, 6.45) is 4.15. The number of hydrogen-bond donors (Lipinski definition) is 1. The van der Waals surface area contributed by atoms with Gasteiger partial charge in [0.1, 0.15) is 6.07 Å². The Labute approximate surface area is 187 Å². The molecule has 0 unspecified atom stereocenters. The van der Waals surface area contributed by atoms with E-state index in [1.807, 2.05) is 12.1 Å². The summed E-state index contributed by atoms with van der Waals surface area (Å²) in [7, 11) is 0. The first-order valence-corrected chi connectivity index (χ1v) is 11.5. The van der Waals surface area contributed by atoms with Gasteiger partial charge in [-0.3, -0.25) is 9.67 Å². The summed E-state index contributed by atoms with van der Waals surface area (Å²) in [5.74, 6) is 0.630. The van der Waals surface area contributed by atoms with Gasteiger partial charge in [0.2, 0.25) is 0 Å². The standard InChI is InChI=1S/C26H26N6/c1-17-15-31(24-7-5-20(14-27)26-22(24)3-2-10-29-26)16-25-21-6-4-19(13-23(21)30-32(17)25)18-8-11-28-12-9-18/h2-7,10,13,17-18,28H,8-9,11-12,15-16H2,1H3/t17-/m0/s1. The van der Waals surface area contributed by atoms with Gasteiger partial charge in [0.25, 0.3) is 0 Å². The van der Waals surface area contributed by atoms with E-state index in [4.69, 9.17) is 5.10 Å². The van der Waals surface area contributed by atoms with E-state index in [0.29, 0.717) is 11.5 Å². The van der Waals surface area contributed by atoms with E-state index in [-0.39, 0.29) is 6.04 Å². The molecule has 0 aliphatic carbocycles. The van der Waals surface area contributed by atoms with Crippen molar-refractivity contribution in [3.8, 4) is 6.07 Å². The minimum atomic E-state index is 0.260. The van der Waals surface area contributed by atoms with Gasteiger partial charge in [-0.2, -0.15) is 10.4 Å². The molecule has 4 heterocycles. The lowest BCUT2D eigenvalue weighted by molar-refractivity contribution is 0.430. The van der Waals surface area contributed by atoms with Crippen molar-refractivity contribution in [3.05, 3.63) is 65.5 Å². The predicted octanol–water partition coefficient (Wildman–Crippen LogP) is 4.50. The molecule has 1 atom stereocenters. The maximum absolute atomic E-state index is 9.50. The van der Waals surface area contributed by atoms with Crippen molar-refractivity contribution in [1.29, 1.82) is 5.26 Å². The van der Waals surface area contributed by atoms with Crippen molar-refractivity contribution in [1.82, 2.24) is 20.1 Å². The van der Waals surface area contributed by atoms with Crippen molar-refractivity contribution in [3.63, 3.8) is 0 Å². The molecular formula is C26H26N6. The highest BCUT2D eigenvalue weighted by Crippen LogP contribution is 2.36. The molecule has 6 heteroatoms. The van der Waals surface area contributed by atoms with Crippen LogP contribution in [0.3, 0.4) is 0 Å². The molecule has 2 aromatic carbocycles. The van der Waals surface area contributed by atoms with Crippen molar-refractivity contribution >= 4 is 27.5 Å². The normalized spacial score (nSPS) is 19.2. The average molecular weight is 423 g/mol. The van der Waals surface area contributed by atoms with E-state index in [1.54, 1.807) is 6.20 Å². The molecule has 0 spiro atoms. The van der Waals surface area contributed by atoms with Gasteiger partial charge in [-0.05, 0) is 74.7 Å². The summed E-state index contributed by atoms with van der Waals surface area (Å²) >= 11 is 0. The van der Waals surface area contributed by atoms with Crippen LogP contribution >= 0.6 is 0 Å². The Morgan fingerprint density at radius 3 is 2.81 bits per heavy atom. The maximum atomic E-state index is 9.50. The van der Waals surface area contributed by atoms with Crippen LogP contribution in [0.15, 0.2) is 48.7 Å². The highest BCUT2D eigenvalue weighted by molar-refractivity contribution is 5.95. The molecule has 6 rings (SSSR count). The summed E-state index contributed by atoms with van der Waals surface area (Å²) in [6, 6.07) is 17.4. The van der Waals surface area contributed by atoms with Crippen molar-refractivity contribution in [2.75, 3.05) is 24.5 Å². The van der Waals surface area contributed by atoms with E-state index >= 15 is 0 Å². The highest BCUT2D eigenvalue weighted by atomic mass is 15.4. The molecule has 0 bridgehead atoms. The third-order valence-corrected chi connectivity index (χ3v) is 7.09. The highest BCUT2D eigenvalue weighted by Gasteiger charge is 2.27. The Morgan fingerprint density at radius 1 is 1.09 bits per heavy atom. The third-order valence-electron chi connectivity index (χ3n) is 7.09. The fourth-order valence-electron chi connectivity index (χ4n) is 5.46. The number of nitrogens with one attached hydrogen (secondary N) is 1. The lowest BCUT2D eigenvalue weighted by Gasteiger charge is -2.34. The molecular weight excluding hydrogens is 396 g/mol. The first kappa shape index (κ1) is 19.3. The summed E-state index contributed by atoms with van der Waals surface area (Å²) in [6.45, 7) is 6.10. The number of aromatic nitrogens is 3. The van der Waals surface area contributed by atoms with Crippen LogP contribution in [-0.2, 0) is 6.54 Å². The SMILES string of the molecule is C[C@H]1CN(c2ccc(C#N)c3ncccc23)Cc2c3ccc(C4CCNCC4)cc3nn21. The Kier molecular flexibility index (Phi) is 4.58. The van der Waals surface area contributed by atoms with Crippen LogP contribution < -0.4 is 10.2 Å². The molecule has 2 aromatic heterocycles. The van der Waals surface area contributed by atoms with E-state index in [0.717, 1.165) is 48.3 Å². The van der Waals surface area contributed by atoms with Crippen LogP contribution in [0.4, 0.5) is 5.69 Å². The zero-order chi connectivity index (χ0) is 21.7.